The number of nitrogens with one attached hydrogen (secondary N) is 2. The molecule has 0 saturated heterocycles. The van der Waals surface area contributed by atoms with Crippen LogP contribution in [-0.4, -0.2) is 34.8 Å². The number of thioether (sulfide) groups is 1. The molecule has 0 aliphatic heterocycles. The van der Waals surface area contributed by atoms with Gasteiger partial charge in [0.2, 0.25) is 0 Å². The van der Waals surface area contributed by atoms with E-state index >= 15 is 0 Å². The summed E-state index contributed by atoms with van der Waals surface area (Å²) in [5.41, 5.74) is 1.26. The fourth-order valence-corrected chi connectivity index (χ4v) is 2.00. The van der Waals surface area contributed by atoms with Gasteiger partial charge in [-0.1, -0.05) is 11.8 Å². The Morgan fingerprint density at radius 2 is 1.89 bits per heavy atom. The molecule has 5 nitrogen and oxygen atoms in total. The molecule has 100 valence electrons. The standard InChI is InChI=1S/C13H17N5S/c1-14-11-9-12(18-13(17-11)19-2)16-8-5-10-3-6-15-7-4-10/h3-4,6-7,9H,5,8H2,1-2H3,(H2,14,16,17,18). The molecule has 0 radical (unpaired) electrons. The second-order valence-electron chi connectivity index (χ2n) is 3.91. The van der Waals surface area contributed by atoms with Crippen LogP contribution in [0.3, 0.4) is 0 Å². The summed E-state index contributed by atoms with van der Waals surface area (Å²) >= 11 is 1.53. The first-order valence-electron chi connectivity index (χ1n) is 6.05. The molecule has 2 heterocycles. The van der Waals surface area contributed by atoms with Crippen LogP contribution in [0.25, 0.3) is 0 Å². The molecule has 2 N–H and O–H groups in total. The van der Waals surface area contributed by atoms with Crippen LogP contribution >= 0.6 is 11.8 Å². The highest BCUT2D eigenvalue weighted by Gasteiger charge is 2.02. The summed E-state index contributed by atoms with van der Waals surface area (Å²) in [6, 6.07) is 5.95. The van der Waals surface area contributed by atoms with Gasteiger partial charge in [0.25, 0.3) is 0 Å². The summed E-state index contributed by atoms with van der Waals surface area (Å²) < 4.78 is 0. The largest absolute Gasteiger partial charge is 0.373 e. The molecule has 19 heavy (non-hydrogen) atoms. The summed E-state index contributed by atoms with van der Waals surface area (Å²) in [4.78, 5) is 12.8. The van der Waals surface area contributed by atoms with Crippen molar-refractivity contribution in [3.8, 4) is 0 Å². The van der Waals surface area contributed by atoms with Crippen molar-refractivity contribution in [3.05, 3.63) is 36.2 Å². The van der Waals surface area contributed by atoms with E-state index in [2.05, 4.69) is 25.6 Å². The third-order valence-corrected chi connectivity index (χ3v) is 3.16. The van der Waals surface area contributed by atoms with Gasteiger partial charge in [0.05, 0.1) is 0 Å². The molecule has 0 fully saturated rings. The van der Waals surface area contributed by atoms with Crippen molar-refractivity contribution in [3.63, 3.8) is 0 Å². The maximum absolute atomic E-state index is 4.42. The molecule has 0 aromatic carbocycles. The predicted octanol–water partition coefficient (Wildman–Crippen LogP) is 2.29. The monoisotopic (exact) mass is 275 g/mol. The zero-order valence-corrected chi connectivity index (χ0v) is 11.9. The van der Waals surface area contributed by atoms with Gasteiger partial charge in [0.1, 0.15) is 11.6 Å². The van der Waals surface area contributed by atoms with E-state index in [1.54, 1.807) is 0 Å². The molecule has 0 aliphatic carbocycles. The molecule has 0 unspecified atom stereocenters. The molecule has 0 saturated carbocycles. The van der Waals surface area contributed by atoms with Crippen LogP contribution < -0.4 is 10.6 Å². The van der Waals surface area contributed by atoms with Gasteiger partial charge < -0.3 is 10.6 Å². The summed E-state index contributed by atoms with van der Waals surface area (Å²) in [7, 11) is 1.85. The van der Waals surface area contributed by atoms with Crippen molar-refractivity contribution in [2.24, 2.45) is 0 Å². The summed E-state index contributed by atoms with van der Waals surface area (Å²) in [5.74, 6) is 1.67. The van der Waals surface area contributed by atoms with Gasteiger partial charge in [-0.25, -0.2) is 9.97 Å². The maximum atomic E-state index is 4.42. The van der Waals surface area contributed by atoms with Crippen molar-refractivity contribution < 1.29 is 0 Å². The molecule has 0 atom stereocenters. The fraction of sp³-hybridized carbons (Fsp3) is 0.308. The normalized spacial score (nSPS) is 10.2. The zero-order chi connectivity index (χ0) is 13.5. The Morgan fingerprint density at radius 1 is 1.16 bits per heavy atom. The number of nitrogens with zero attached hydrogens (tertiary/aromatic N) is 3. The van der Waals surface area contributed by atoms with Gasteiger partial charge in [-0.2, -0.15) is 0 Å². The van der Waals surface area contributed by atoms with Crippen molar-refractivity contribution in [1.29, 1.82) is 0 Å². The van der Waals surface area contributed by atoms with E-state index in [1.165, 1.54) is 17.3 Å². The SMILES string of the molecule is CNc1cc(NCCc2ccncc2)nc(SC)n1. The number of aromatic nitrogens is 3. The topological polar surface area (TPSA) is 62.7 Å². The van der Waals surface area contributed by atoms with Crippen molar-refractivity contribution in [2.45, 2.75) is 11.6 Å². The van der Waals surface area contributed by atoms with Crippen LogP contribution in [0.2, 0.25) is 0 Å². The van der Waals surface area contributed by atoms with Crippen LogP contribution in [-0.2, 0) is 6.42 Å². The minimum absolute atomic E-state index is 0.762. The van der Waals surface area contributed by atoms with E-state index in [0.29, 0.717) is 0 Å². The first-order chi connectivity index (χ1) is 9.31. The Bertz CT molecular complexity index is 495. The van der Waals surface area contributed by atoms with Gasteiger partial charge in [0, 0.05) is 32.1 Å². The third kappa shape index (κ3) is 4.10. The van der Waals surface area contributed by atoms with Crippen LogP contribution in [0, 0.1) is 0 Å². The highest BCUT2D eigenvalue weighted by Crippen LogP contribution is 2.16. The van der Waals surface area contributed by atoms with E-state index in [0.717, 1.165) is 29.8 Å². The van der Waals surface area contributed by atoms with Crippen molar-refractivity contribution in [2.75, 3.05) is 30.5 Å². The molecule has 0 amide bonds. The van der Waals surface area contributed by atoms with Crippen molar-refractivity contribution >= 4 is 23.4 Å². The molecular weight excluding hydrogens is 258 g/mol. The molecule has 2 aromatic heterocycles. The van der Waals surface area contributed by atoms with Crippen LogP contribution in [0.1, 0.15) is 5.56 Å². The van der Waals surface area contributed by atoms with E-state index in [4.69, 9.17) is 0 Å². The minimum Gasteiger partial charge on any atom is -0.373 e. The van der Waals surface area contributed by atoms with Crippen LogP contribution in [0.15, 0.2) is 35.7 Å². The van der Waals surface area contributed by atoms with Crippen molar-refractivity contribution in [1.82, 2.24) is 15.0 Å². The Hall–Kier alpha value is -1.82. The number of anilines is 2. The number of pyridine rings is 1. The smallest absolute Gasteiger partial charge is 0.191 e. The predicted molar refractivity (Wildman–Crippen MR) is 79.8 cm³/mol. The Labute approximate surface area is 117 Å². The highest BCUT2D eigenvalue weighted by atomic mass is 32.2. The fourth-order valence-electron chi connectivity index (χ4n) is 1.62. The van der Waals surface area contributed by atoms with Gasteiger partial charge in [0.15, 0.2) is 5.16 Å². The minimum atomic E-state index is 0.762. The van der Waals surface area contributed by atoms with E-state index in [-0.39, 0.29) is 0 Å². The third-order valence-electron chi connectivity index (χ3n) is 2.61. The molecule has 2 aromatic rings. The Morgan fingerprint density at radius 3 is 2.58 bits per heavy atom. The summed E-state index contributed by atoms with van der Waals surface area (Å²) in [6.07, 6.45) is 6.53. The molecule has 0 aliphatic rings. The van der Waals surface area contributed by atoms with Gasteiger partial charge in [-0.15, -0.1) is 0 Å². The summed E-state index contributed by atoms with van der Waals surface area (Å²) in [5, 5.41) is 7.12. The van der Waals surface area contributed by atoms with Gasteiger partial charge in [-0.3, -0.25) is 4.98 Å². The van der Waals surface area contributed by atoms with E-state index in [1.807, 2.05) is 43.9 Å². The van der Waals surface area contributed by atoms with Crippen LogP contribution in [0.5, 0.6) is 0 Å². The van der Waals surface area contributed by atoms with E-state index in [9.17, 15) is 0 Å². The second kappa shape index (κ2) is 6.94. The number of hydrogen-bond acceptors (Lipinski definition) is 6. The lowest BCUT2D eigenvalue weighted by molar-refractivity contribution is 0.941. The number of hydrogen-bond donors (Lipinski definition) is 2. The van der Waals surface area contributed by atoms with Gasteiger partial charge >= 0.3 is 0 Å². The Kier molecular flexibility index (Phi) is 4.97. The lowest BCUT2D eigenvalue weighted by Gasteiger charge is -2.08. The van der Waals surface area contributed by atoms with Crippen LogP contribution in [0.4, 0.5) is 11.6 Å². The quantitative estimate of drug-likeness (QED) is 0.623. The lowest BCUT2D eigenvalue weighted by Crippen LogP contribution is -2.08. The maximum Gasteiger partial charge on any atom is 0.191 e. The first kappa shape index (κ1) is 13.6. The second-order valence-corrected chi connectivity index (χ2v) is 4.68. The molecular formula is C13H17N5S. The van der Waals surface area contributed by atoms with Gasteiger partial charge in [-0.05, 0) is 30.4 Å². The Balaban J connectivity index is 1.95. The highest BCUT2D eigenvalue weighted by molar-refractivity contribution is 7.98. The summed E-state index contributed by atoms with van der Waals surface area (Å²) in [6.45, 7) is 0.831. The molecule has 6 heteroatoms. The average Bonchev–Trinajstić information content (AvgIpc) is 2.48. The zero-order valence-electron chi connectivity index (χ0n) is 11.1. The molecule has 0 spiro atoms. The molecule has 2 rings (SSSR count). The lowest BCUT2D eigenvalue weighted by atomic mass is 10.2. The van der Waals surface area contributed by atoms with E-state index < -0.39 is 0 Å². The molecule has 0 bridgehead atoms. The number of rotatable bonds is 6. The first-order valence-corrected chi connectivity index (χ1v) is 7.28. The average molecular weight is 275 g/mol.